The first kappa shape index (κ1) is 19.8. The molecule has 9 heteroatoms. The zero-order chi connectivity index (χ0) is 19.8. The highest BCUT2D eigenvalue weighted by atomic mass is 32.2. The molecule has 0 bridgehead atoms. The van der Waals surface area contributed by atoms with E-state index >= 15 is 0 Å². The van der Waals surface area contributed by atoms with Crippen LogP contribution in [0.5, 0.6) is 5.75 Å². The first-order chi connectivity index (χ1) is 12.6. The lowest BCUT2D eigenvalue weighted by Crippen LogP contribution is -2.11. The molecule has 0 saturated carbocycles. The first-order valence-electron chi connectivity index (χ1n) is 8.01. The highest BCUT2D eigenvalue weighted by molar-refractivity contribution is 7.94. The highest BCUT2D eigenvalue weighted by Gasteiger charge is 2.21. The van der Waals surface area contributed by atoms with Crippen molar-refractivity contribution in [2.45, 2.75) is 30.4 Å². The molecule has 2 aromatic heterocycles. The van der Waals surface area contributed by atoms with E-state index in [0.717, 1.165) is 33.7 Å². The van der Waals surface area contributed by atoms with Crippen molar-refractivity contribution in [2.75, 3.05) is 11.8 Å². The minimum Gasteiger partial charge on any atom is -0.494 e. The molecule has 0 amide bonds. The minimum absolute atomic E-state index is 0.0507. The number of anilines is 1. The first-order valence-corrected chi connectivity index (χ1v) is 11.3. The highest BCUT2D eigenvalue weighted by Crippen LogP contribution is 2.34. The van der Waals surface area contributed by atoms with Crippen LogP contribution in [0.4, 0.5) is 10.1 Å². The van der Waals surface area contributed by atoms with Gasteiger partial charge in [-0.3, -0.25) is 4.72 Å². The van der Waals surface area contributed by atoms with Gasteiger partial charge >= 0.3 is 0 Å². The number of thiazole rings is 1. The number of sulfonamides is 1. The Bertz CT molecular complexity index is 1070. The van der Waals surface area contributed by atoms with Crippen LogP contribution in [0.3, 0.4) is 0 Å². The van der Waals surface area contributed by atoms with Crippen LogP contribution in [0.25, 0.3) is 10.6 Å². The van der Waals surface area contributed by atoms with Crippen LogP contribution in [0.15, 0.2) is 39.2 Å². The number of rotatable bonds is 5. The summed E-state index contributed by atoms with van der Waals surface area (Å²) in [6.45, 7) is 6.23. The maximum absolute atomic E-state index is 13.8. The number of hydrogen-bond acceptors (Lipinski definition) is 6. The number of benzene rings is 1. The topological polar surface area (TPSA) is 68.3 Å². The summed E-state index contributed by atoms with van der Waals surface area (Å²) in [6.07, 6.45) is 0. The van der Waals surface area contributed by atoms with E-state index in [4.69, 9.17) is 4.74 Å². The van der Waals surface area contributed by atoms with E-state index in [1.807, 2.05) is 5.38 Å². The molecule has 3 aromatic rings. The zero-order valence-corrected chi connectivity index (χ0v) is 17.7. The fraction of sp³-hybridized carbons (Fsp3) is 0.278. The summed E-state index contributed by atoms with van der Waals surface area (Å²) in [5.74, 6) is -0.586. The van der Waals surface area contributed by atoms with Gasteiger partial charge < -0.3 is 4.74 Å². The minimum atomic E-state index is -3.82. The maximum Gasteiger partial charge on any atom is 0.271 e. The Morgan fingerprint density at radius 2 is 1.89 bits per heavy atom. The molecule has 0 saturated heterocycles. The molecule has 0 aliphatic rings. The number of hydrogen-bond donors (Lipinski definition) is 1. The molecule has 144 valence electrons. The van der Waals surface area contributed by atoms with Crippen LogP contribution in [-0.2, 0) is 15.4 Å². The molecule has 0 unspecified atom stereocenters. The third-order valence-electron chi connectivity index (χ3n) is 3.76. The van der Waals surface area contributed by atoms with Crippen molar-refractivity contribution in [2.24, 2.45) is 0 Å². The molecule has 3 rings (SSSR count). The number of nitrogens with one attached hydrogen (secondary N) is 1. The van der Waals surface area contributed by atoms with E-state index in [9.17, 15) is 12.8 Å². The second-order valence-electron chi connectivity index (χ2n) is 6.90. The summed E-state index contributed by atoms with van der Waals surface area (Å²) < 4.78 is 46.4. The summed E-state index contributed by atoms with van der Waals surface area (Å²) >= 11 is 2.58. The second-order valence-corrected chi connectivity index (χ2v) is 10.6. The Morgan fingerprint density at radius 1 is 1.15 bits per heavy atom. The van der Waals surface area contributed by atoms with E-state index in [2.05, 4.69) is 30.5 Å². The normalized spacial score (nSPS) is 12.2. The molecule has 2 heterocycles. The van der Waals surface area contributed by atoms with Crippen LogP contribution >= 0.6 is 22.7 Å². The van der Waals surface area contributed by atoms with Crippen molar-refractivity contribution in [1.82, 2.24) is 4.98 Å². The monoisotopic (exact) mass is 426 g/mol. The van der Waals surface area contributed by atoms with Crippen LogP contribution in [0, 0.1) is 5.82 Å². The van der Waals surface area contributed by atoms with Gasteiger partial charge in [0.15, 0.2) is 11.6 Å². The number of halogens is 1. The van der Waals surface area contributed by atoms with Crippen molar-refractivity contribution in [3.63, 3.8) is 0 Å². The summed E-state index contributed by atoms with van der Waals surface area (Å²) in [4.78, 5) is 4.61. The van der Waals surface area contributed by atoms with E-state index < -0.39 is 15.8 Å². The fourth-order valence-electron chi connectivity index (χ4n) is 2.26. The SMILES string of the molecule is COc1ccc(NS(=O)(=O)c2cc(-c3nc(C(C)(C)C)cs3)cs2)cc1F. The van der Waals surface area contributed by atoms with E-state index in [0.29, 0.717) is 0 Å². The van der Waals surface area contributed by atoms with Gasteiger partial charge in [-0.2, -0.15) is 0 Å². The average Bonchev–Trinajstić information content (AvgIpc) is 3.24. The molecular weight excluding hydrogens is 407 g/mol. The predicted octanol–water partition coefficient (Wildman–Crippen LogP) is 5.12. The van der Waals surface area contributed by atoms with Crippen LogP contribution < -0.4 is 9.46 Å². The number of aromatic nitrogens is 1. The Hall–Kier alpha value is -1.97. The summed E-state index contributed by atoms with van der Waals surface area (Å²) in [6, 6.07) is 5.49. The quantitative estimate of drug-likeness (QED) is 0.615. The number of nitrogens with zero attached hydrogens (tertiary/aromatic N) is 1. The van der Waals surface area contributed by atoms with Crippen molar-refractivity contribution in [1.29, 1.82) is 0 Å². The molecule has 0 atom stereocenters. The van der Waals surface area contributed by atoms with Crippen LogP contribution in [0.2, 0.25) is 0 Å². The molecule has 1 N–H and O–H groups in total. The van der Waals surface area contributed by atoms with Gasteiger partial charge in [-0.1, -0.05) is 20.8 Å². The van der Waals surface area contributed by atoms with Gasteiger partial charge in [0.25, 0.3) is 10.0 Å². The van der Waals surface area contributed by atoms with Crippen molar-refractivity contribution in [3.05, 3.63) is 46.5 Å². The Labute approximate surface area is 165 Å². The molecule has 0 spiro atoms. The summed E-state index contributed by atoms with van der Waals surface area (Å²) in [5, 5.41) is 4.52. The Balaban J connectivity index is 1.84. The predicted molar refractivity (Wildman–Crippen MR) is 108 cm³/mol. The number of thiophene rings is 1. The van der Waals surface area contributed by atoms with E-state index in [1.54, 1.807) is 11.4 Å². The lowest BCUT2D eigenvalue weighted by molar-refractivity contribution is 0.386. The van der Waals surface area contributed by atoms with Crippen molar-refractivity contribution in [3.8, 4) is 16.3 Å². The average molecular weight is 427 g/mol. The number of methoxy groups -OCH3 is 1. The Morgan fingerprint density at radius 3 is 2.48 bits per heavy atom. The van der Waals surface area contributed by atoms with Gasteiger partial charge in [0.2, 0.25) is 0 Å². The third kappa shape index (κ3) is 4.31. The standard InChI is InChI=1S/C18H19FN2O3S3/c1-18(2,3)15-10-26-17(20-15)11-7-16(25-9-11)27(22,23)21-12-5-6-14(24-4)13(19)8-12/h5-10,21H,1-4H3. The molecule has 5 nitrogen and oxygen atoms in total. The largest absolute Gasteiger partial charge is 0.494 e. The van der Waals surface area contributed by atoms with Crippen molar-refractivity contribution < 1.29 is 17.5 Å². The molecule has 0 fully saturated rings. The van der Waals surface area contributed by atoms with Crippen LogP contribution in [0.1, 0.15) is 26.5 Å². The lowest BCUT2D eigenvalue weighted by Gasteiger charge is -2.14. The molecule has 27 heavy (non-hydrogen) atoms. The molecule has 0 aliphatic carbocycles. The second kappa shape index (κ2) is 7.21. The van der Waals surface area contributed by atoms with Gasteiger partial charge in [-0.15, -0.1) is 22.7 Å². The summed E-state index contributed by atoms with van der Waals surface area (Å²) in [5.41, 5.74) is 1.78. The van der Waals surface area contributed by atoms with Gasteiger partial charge in [0, 0.05) is 27.8 Å². The molecule has 1 aromatic carbocycles. The number of ether oxygens (including phenoxy) is 1. The fourth-order valence-corrected chi connectivity index (χ4v) is 5.58. The maximum atomic E-state index is 13.8. The van der Waals surface area contributed by atoms with Crippen LogP contribution in [-0.4, -0.2) is 20.5 Å². The molecule has 0 aliphatic heterocycles. The summed E-state index contributed by atoms with van der Waals surface area (Å²) in [7, 11) is -2.47. The third-order valence-corrected chi connectivity index (χ3v) is 7.48. The van der Waals surface area contributed by atoms with Gasteiger partial charge in [0.1, 0.15) is 9.22 Å². The van der Waals surface area contributed by atoms with Gasteiger partial charge in [-0.25, -0.2) is 17.8 Å². The van der Waals surface area contributed by atoms with Gasteiger partial charge in [0.05, 0.1) is 18.5 Å². The van der Waals surface area contributed by atoms with E-state index in [-0.39, 0.29) is 21.1 Å². The molecular formula is C18H19FN2O3S3. The van der Waals surface area contributed by atoms with Crippen molar-refractivity contribution >= 4 is 38.4 Å². The lowest BCUT2D eigenvalue weighted by atomic mass is 9.93. The smallest absolute Gasteiger partial charge is 0.271 e. The van der Waals surface area contributed by atoms with E-state index in [1.165, 1.54) is 30.6 Å². The zero-order valence-electron chi connectivity index (χ0n) is 15.2. The van der Waals surface area contributed by atoms with Gasteiger partial charge in [-0.05, 0) is 18.2 Å². The molecule has 0 radical (unpaired) electrons. The Kier molecular flexibility index (Phi) is 5.29.